The number of nitrogens with two attached hydrogens (primary N) is 1. The summed E-state index contributed by atoms with van der Waals surface area (Å²) in [6.07, 6.45) is 3.67. The predicted molar refractivity (Wildman–Crippen MR) is 98.2 cm³/mol. The number of aryl methyl sites for hydroxylation is 1. The van der Waals surface area contributed by atoms with Crippen LogP contribution < -0.4 is 5.73 Å². The molecule has 2 N–H and O–H groups in total. The van der Waals surface area contributed by atoms with Gasteiger partial charge in [-0.2, -0.15) is 0 Å². The highest BCUT2D eigenvalue weighted by molar-refractivity contribution is 5.85. The molecule has 2 aliphatic heterocycles. The number of carbonyl (C=O) groups is 1. The van der Waals surface area contributed by atoms with E-state index < -0.39 is 0 Å². The average molecular weight is 353 g/mol. The molecule has 0 bridgehead atoms. The number of ether oxygens (including phenoxy) is 1. The van der Waals surface area contributed by atoms with Crippen LogP contribution in [0.15, 0.2) is 24.3 Å². The number of halogens is 1. The van der Waals surface area contributed by atoms with Gasteiger partial charge in [0.25, 0.3) is 5.91 Å². The van der Waals surface area contributed by atoms with Gasteiger partial charge in [0.15, 0.2) is 0 Å². The van der Waals surface area contributed by atoms with Crippen LogP contribution in [0.4, 0.5) is 0 Å². The van der Waals surface area contributed by atoms with E-state index in [4.69, 9.17) is 10.5 Å². The normalized spacial score (nSPS) is 30.0. The van der Waals surface area contributed by atoms with Crippen LogP contribution >= 0.6 is 12.4 Å². The molecule has 2 aliphatic rings. The molecule has 4 atom stereocenters. The standard InChI is InChI=1S/C19H28N2O2.ClH/c1-13-5-7-15(8-6-13)18-14(2)4-3-11-21(18)19(22)17-10-9-16(12-20)23-17;/h5-8,14,16-18H,3-4,9-12,20H2,1-2H3;1H/t14?,16-,17+,18?;/m1./s1. The number of hydrogen-bond donors (Lipinski definition) is 1. The van der Waals surface area contributed by atoms with E-state index in [-0.39, 0.29) is 36.6 Å². The van der Waals surface area contributed by atoms with Crippen molar-refractivity contribution in [3.63, 3.8) is 0 Å². The minimum atomic E-state index is -0.304. The number of rotatable bonds is 3. The highest BCUT2D eigenvalue weighted by Crippen LogP contribution is 2.37. The zero-order valence-electron chi connectivity index (χ0n) is 14.6. The number of likely N-dealkylation sites (tertiary alicyclic amines) is 1. The van der Waals surface area contributed by atoms with Crippen molar-refractivity contribution >= 4 is 18.3 Å². The minimum Gasteiger partial charge on any atom is -0.364 e. The summed E-state index contributed by atoms with van der Waals surface area (Å²) >= 11 is 0. The second-order valence-corrected chi connectivity index (χ2v) is 7.07. The number of piperidine rings is 1. The van der Waals surface area contributed by atoms with Crippen LogP contribution in [0.5, 0.6) is 0 Å². The lowest BCUT2D eigenvalue weighted by atomic mass is 9.85. The van der Waals surface area contributed by atoms with Crippen molar-refractivity contribution in [1.29, 1.82) is 0 Å². The Labute approximate surface area is 151 Å². The minimum absolute atomic E-state index is 0. The molecule has 1 aromatic carbocycles. The van der Waals surface area contributed by atoms with Gasteiger partial charge in [-0.15, -0.1) is 12.4 Å². The topological polar surface area (TPSA) is 55.6 Å². The number of amides is 1. The fourth-order valence-electron chi connectivity index (χ4n) is 3.95. The van der Waals surface area contributed by atoms with Crippen molar-refractivity contribution in [2.24, 2.45) is 11.7 Å². The summed E-state index contributed by atoms with van der Waals surface area (Å²) in [4.78, 5) is 15.1. The first-order valence-electron chi connectivity index (χ1n) is 8.82. The van der Waals surface area contributed by atoms with Gasteiger partial charge in [-0.05, 0) is 44.1 Å². The smallest absolute Gasteiger partial charge is 0.252 e. The molecule has 4 nitrogen and oxygen atoms in total. The first-order chi connectivity index (χ1) is 11.1. The molecule has 0 spiro atoms. The Balaban J connectivity index is 0.00000208. The number of benzene rings is 1. The molecule has 1 amide bonds. The quantitative estimate of drug-likeness (QED) is 0.908. The SMILES string of the molecule is Cc1ccc(C2C(C)CCCN2C(=O)[C@@H]2CC[C@H](CN)O2)cc1.Cl. The Morgan fingerprint density at radius 2 is 1.96 bits per heavy atom. The van der Waals surface area contributed by atoms with E-state index in [2.05, 4.69) is 43.0 Å². The molecule has 0 radical (unpaired) electrons. The molecule has 24 heavy (non-hydrogen) atoms. The van der Waals surface area contributed by atoms with Crippen LogP contribution in [-0.2, 0) is 9.53 Å². The second-order valence-electron chi connectivity index (χ2n) is 7.07. The van der Waals surface area contributed by atoms with Crippen LogP contribution in [0.2, 0.25) is 0 Å². The van der Waals surface area contributed by atoms with Gasteiger partial charge < -0.3 is 15.4 Å². The van der Waals surface area contributed by atoms with Gasteiger partial charge in [0.2, 0.25) is 0 Å². The molecule has 2 saturated heterocycles. The summed E-state index contributed by atoms with van der Waals surface area (Å²) in [6, 6.07) is 8.77. The molecule has 5 heteroatoms. The Morgan fingerprint density at radius 1 is 1.25 bits per heavy atom. The van der Waals surface area contributed by atoms with Crippen molar-refractivity contribution < 1.29 is 9.53 Å². The van der Waals surface area contributed by atoms with Crippen molar-refractivity contribution in [3.05, 3.63) is 35.4 Å². The summed E-state index contributed by atoms with van der Waals surface area (Å²) in [7, 11) is 0. The maximum absolute atomic E-state index is 13.0. The summed E-state index contributed by atoms with van der Waals surface area (Å²) in [5, 5.41) is 0. The largest absolute Gasteiger partial charge is 0.364 e. The van der Waals surface area contributed by atoms with Crippen LogP contribution in [-0.4, -0.2) is 36.1 Å². The Morgan fingerprint density at radius 3 is 2.58 bits per heavy atom. The molecule has 0 aliphatic carbocycles. The maximum Gasteiger partial charge on any atom is 0.252 e. The lowest BCUT2D eigenvalue weighted by molar-refractivity contribution is -0.148. The fourth-order valence-corrected chi connectivity index (χ4v) is 3.95. The average Bonchev–Trinajstić information content (AvgIpc) is 3.04. The van der Waals surface area contributed by atoms with Crippen molar-refractivity contribution in [3.8, 4) is 0 Å². The molecule has 3 rings (SSSR count). The van der Waals surface area contributed by atoms with Gasteiger partial charge in [-0.1, -0.05) is 36.8 Å². The van der Waals surface area contributed by atoms with Crippen molar-refractivity contribution in [1.82, 2.24) is 4.90 Å². The first kappa shape index (κ1) is 19.2. The first-order valence-corrected chi connectivity index (χ1v) is 8.82. The fraction of sp³-hybridized carbons (Fsp3) is 0.632. The molecule has 0 aromatic heterocycles. The van der Waals surface area contributed by atoms with Crippen LogP contribution in [0, 0.1) is 12.8 Å². The molecule has 2 unspecified atom stereocenters. The van der Waals surface area contributed by atoms with E-state index in [1.54, 1.807) is 0 Å². The molecule has 2 fully saturated rings. The summed E-state index contributed by atoms with van der Waals surface area (Å²) < 4.78 is 5.85. The van der Waals surface area contributed by atoms with Gasteiger partial charge in [-0.3, -0.25) is 4.79 Å². The Kier molecular flexibility index (Phi) is 6.67. The number of carbonyl (C=O) groups excluding carboxylic acids is 1. The van der Waals surface area contributed by atoms with Gasteiger partial charge in [0, 0.05) is 13.1 Å². The van der Waals surface area contributed by atoms with E-state index in [0.717, 1.165) is 25.8 Å². The maximum atomic E-state index is 13.0. The third-order valence-electron chi connectivity index (χ3n) is 5.28. The third kappa shape index (κ3) is 3.93. The van der Waals surface area contributed by atoms with Gasteiger partial charge in [0.05, 0.1) is 12.1 Å². The van der Waals surface area contributed by atoms with E-state index in [1.165, 1.54) is 17.5 Å². The van der Waals surface area contributed by atoms with Crippen LogP contribution in [0.1, 0.15) is 49.8 Å². The Hall–Kier alpha value is -1.10. The molecule has 0 saturated carbocycles. The van der Waals surface area contributed by atoms with Crippen LogP contribution in [0.25, 0.3) is 0 Å². The highest BCUT2D eigenvalue weighted by atomic mass is 35.5. The molecule has 1 aromatic rings. The van der Waals surface area contributed by atoms with Crippen molar-refractivity contribution in [2.45, 2.75) is 57.8 Å². The van der Waals surface area contributed by atoms with Gasteiger partial charge in [-0.25, -0.2) is 0 Å². The van der Waals surface area contributed by atoms with E-state index in [9.17, 15) is 4.79 Å². The summed E-state index contributed by atoms with van der Waals surface area (Å²) in [5.41, 5.74) is 8.17. The number of nitrogens with zero attached hydrogens (tertiary/aromatic N) is 1. The third-order valence-corrected chi connectivity index (χ3v) is 5.28. The zero-order chi connectivity index (χ0) is 16.4. The molecular weight excluding hydrogens is 324 g/mol. The van der Waals surface area contributed by atoms with Crippen molar-refractivity contribution in [2.75, 3.05) is 13.1 Å². The van der Waals surface area contributed by atoms with Crippen LogP contribution in [0.3, 0.4) is 0 Å². The lowest BCUT2D eigenvalue weighted by Gasteiger charge is -2.41. The monoisotopic (exact) mass is 352 g/mol. The van der Waals surface area contributed by atoms with Gasteiger partial charge in [0.1, 0.15) is 6.10 Å². The van der Waals surface area contributed by atoms with E-state index in [1.807, 2.05) is 0 Å². The Bertz CT molecular complexity index is 549. The molecule has 2 heterocycles. The lowest BCUT2D eigenvalue weighted by Crippen LogP contribution is -2.46. The van der Waals surface area contributed by atoms with Gasteiger partial charge >= 0.3 is 0 Å². The molecule has 134 valence electrons. The number of hydrogen-bond acceptors (Lipinski definition) is 3. The van der Waals surface area contributed by atoms with E-state index in [0.29, 0.717) is 12.5 Å². The summed E-state index contributed by atoms with van der Waals surface area (Å²) in [5.74, 6) is 0.625. The van der Waals surface area contributed by atoms with E-state index >= 15 is 0 Å². The predicted octanol–water partition coefficient (Wildman–Crippen LogP) is 3.22. The second kappa shape index (κ2) is 8.32. The molecular formula is C19H29ClN2O2. The zero-order valence-corrected chi connectivity index (χ0v) is 15.4. The summed E-state index contributed by atoms with van der Waals surface area (Å²) in [6.45, 7) is 5.68. The highest BCUT2D eigenvalue weighted by Gasteiger charge is 2.39.